The fourth-order valence-corrected chi connectivity index (χ4v) is 3.46. The number of hydrogen-bond acceptors (Lipinski definition) is 6. The van der Waals surface area contributed by atoms with E-state index in [-0.39, 0.29) is 19.0 Å². The summed E-state index contributed by atoms with van der Waals surface area (Å²) in [6.07, 6.45) is 2.17. The lowest BCUT2D eigenvalue weighted by Gasteiger charge is -2.33. The zero-order valence-corrected chi connectivity index (χ0v) is 18.6. The van der Waals surface area contributed by atoms with E-state index >= 15 is 0 Å². The van der Waals surface area contributed by atoms with Crippen molar-refractivity contribution in [3.8, 4) is 0 Å². The number of amides is 1. The maximum Gasteiger partial charge on any atom is 0.317 e. The van der Waals surface area contributed by atoms with E-state index in [9.17, 15) is 34.5 Å². The molecule has 0 radical (unpaired) electrons. The minimum absolute atomic E-state index is 0.0869. The van der Waals surface area contributed by atoms with Crippen LogP contribution in [-0.2, 0) is 25.6 Å². The smallest absolute Gasteiger partial charge is 0.317 e. The number of aliphatic carboxylic acids is 3. The molecular formula is C22H33N3O7. The fourth-order valence-electron chi connectivity index (χ4n) is 3.46. The Balaban J connectivity index is 3.09. The van der Waals surface area contributed by atoms with E-state index in [1.54, 1.807) is 29.2 Å². The standard InChI is InChI=1S/C22H33N3O7/c1-3-5-19(26)23-17-8-6-16(7-9-17)11-18(12-24(10-4-2)13-20(27)28)25(14-21(29)30)15-22(31)32/h6-9,18H,3-5,10-15H2,1-2H3,(H,23,26)(H,27,28)(H,29,30)(H,31,32). The van der Waals surface area contributed by atoms with E-state index in [0.717, 1.165) is 12.0 Å². The number of anilines is 1. The molecule has 0 bridgehead atoms. The van der Waals surface area contributed by atoms with Crippen molar-refractivity contribution in [2.75, 3.05) is 38.0 Å². The molecule has 178 valence electrons. The number of carbonyl (C=O) groups is 4. The molecule has 0 fully saturated rings. The van der Waals surface area contributed by atoms with E-state index in [4.69, 9.17) is 0 Å². The molecule has 0 aliphatic rings. The highest BCUT2D eigenvalue weighted by Gasteiger charge is 2.26. The largest absolute Gasteiger partial charge is 0.480 e. The lowest BCUT2D eigenvalue weighted by atomic mass is 10.0. The Bertz CT molecular complexity index is 751. The van der Waals surface area contributed by atoms with Gasteiger partial charge in [0.15, 0.2) is 0 Å². The van der Waals surface area contributed by atoms with Gasteiger partial charge >= 0.3 is 17.9 Å². The Morgan fingerprint density at radius 1 is 0.875 bits per heavy atom. The Hall–Kier alpha value is -2.98. The molecule has 0 aromatic heterocycles. The normalized spacial score (nSPS) is 12.0. The van der Waals surface area contributed by atoms with Crippen molar-refractivity contribution in [3.05, 3.63) is 29.8 Å². The Morgan fingerprint density at radius 3 is 1.91 bits per heavy atom. The summed E-state index contributed by atoms with van der Waals surface area (Å²) in [4.78, 5) is 48.7. The number of hydrogen-bond donors (Lipinski definition) is 4. The van der Waals surface area contributed by atoms with E-state index in [1.807, 2.05) is 13.8 Å². The molecule has 1 unspecified atom stereocenters. The van der Waals surface area contributed by atoms with E-state index in [2.05, 4.69) is 5.32 Å². The molecule has 1 aromatic carbocycles. The molecule has 1 amide bonds. The van der Waals surface area contributed by atoms with Crippen LogP contribution in [0.3, 0.4) is 0 Å². The highest BCUT2D eigenvalue weighted by molar-refractivity contribution is 5.90. The van der Waals surface area contributed by atoms with Crippen LogP contribution in [0.4, 0.5) is 5.69 Å². The molecule has 0 aliphatic heterocycles. The molecular weight excluding hydrogens is 418 g/mol. The Kier molecular flexibility index (Phi) is 12.0. The molecule has 10 nitrogen and oxygen atoms in total. The van der Waals surface area contributed by atoms with Crippen molar-refractivity contribution >= 4 is 29.5 Å². The summed E-state index contributed by atoms with van der Waals surface area (Å²) in [7, 11) is 0. The summed E-state index contributed by atoms with van der Waals surface area (Å²) in [5.41, 5.74) is 1.45. The number of carboxylic acid groups (broad SMARTS) is 3. The second kappa shape index (κ2) is 14.2. The van der Waals surface area contributed by atoms with Crippen LogP contribution in [0.5, 0.6) is 0 Å². The summed E-state index contributed by atoms with van der Waals surface area (Å²) in [6.45, 7) is 3.33. The molecule has 0 spiro atoms. The van der Waals surface area contributed by atoms with Crippen molar-refractivity contribution in [3.63, 3.8) is 0 Å². The van der Waals surface area contributed by atoms with Crippen molar-refractivity contribution in [2.45, 2.75) is 45.6 Å². The number of benzene rings is 1. The molecule has 10 heteroatoms. The van der Waals surface area contributed by atoms with Crippen LogP contribution in [0.25, 0.3) is 0 Å². The summed E-state index contributed by atoms with van der Waals surface area (Å²) in [6, 6.07) is 6.51. The molecule has 0 aliphatic carbocycles. The highest BCUT2D eigenvalue weighted by atomic mass is 16.4. The van der Waals surface area contributed by atoms with Crippen LogP contribution in [0.2, 0.25) is 0 Å². The third-order valence-electron chi connectivity index (χ3n) is 4.75. The minimum atomic E-state index is -1.16. The third-order valence-corrected chi connectivity index (χ3v) is 4.75. The lowest BCUT2D eigenvalue weighted by molar-refractivity contribution is -0.144. The van der Waals surface area contributed by atoms with Crippen LogP contribution in [0, 0.1) is 0 Å². The summed E-state index contributed by atoms with van der Waals surface area (Å²) < 4.78 is 0. The van der Waals surface area contributed by atoms with Crippen LogP contribution in [0.1, 0.15) is 38.7 Å². The van der Waals surface area contributed by atoms with Gasteiger partial charge in [0.25, 0.3) is 0 Å². The van der Waals surface area contributed by atoms with Gasteiger partial charge in [-0.15, -0.1) is 0 Å². The molecule has 1 atom stereocenters. The first-order chi connectivity index (χ1) is 15.1. The summed E-state index contributed by atoms with van der Waals surface area (Å²) in [5.74, 6) is -3.42. The SMILES string of the molecule is CCCC(=O)Nc1ccc(CC(CN(CCC)CC(=O)O)N(CC(=O)O)CC(=O)O)cc1. The third kappa shape index (κ3) is 10.9. The van der Waals surface area contributed by atoms with E-state index in [0.29, 0.717) is 31.5 Å². The predicted molar refractivity (Wildman–Crippen MR) is 119 cm³/mol. The summed E-state index contributed by atoms with van der Waals surface area (Å²) in [5, 5.41) is 30.5. The number of carbonyl (C=O) groups excluding carboxylic acids is 1. The zero-order chi connectivity index (χ0) is 24.1. The fraction of sp³-hybridized carbons (Fsp3) is 0.545. The van der Waals surface area contributed by atoms with Gasteiger partial charge in [0.05, 0.1) is 19.6 Å². The zero-order valence-electron chi connectivity index (χ0n) is 18.6. The first kappa shape index (κ1) is 27.1. The Labute approximate surface area is 187 Å². The van der Waals surface area contributed by atoms with Gasteiger partial charge in [-0.05, 0) is 43.5 Å². The molecule has 32 heavy (non-hydrogen) atoms. The van der Waals surface area contributed by atoms with Gasteiger partial charge in [0, 0.05) is 24.7 Å². The highest BCUT2D eigenvalue weighted by Crippen LogP contribution is 2.15. The average molecular weight is 452 g/mol. The number of carboxylic acids is 3. The van der Waals surface area contributed by atoms with Crippen molar-refractivity contribution < 1.29 is 34.5 Å². The lowest BCUT2D eigenvalue weighted by Crippen LogP contribution is -2.50. The first-order valence-corrected chi connectivity index (χ1v) is 10.6. The van der Waals surface area contributed by atoms with Gasteiger partial charge in [-0.1, -0.05) is 26.0 Å². The van der Waals surface area contributed by atoms with E-state index in [1.165, 1.54) is 4.90 Å². The van der Waals surface area contributed by atoms with Gasteiger partial charge in [0.1, 0.15) is 0 Å². The molecule has 0 heterocycles. The van der Waals surface area contributed by atoms with Crippen LogP contribution < -0.4 is 5.32 Å². The number of nitrogens with one attached hydrogen (secondary N) is 1. The first-order valence-electron chi connectivity index (χ1n) is 10.6. The van der Waals surface area contributed by atoms with Crippen LogP contribution >= 0.6 is 0 Å². The van der Waals surface area contributed by atoms with Gasteiger partial charge in [-0.2, -0.15) is 0 Å². The molecule has 0 saturated heterocycles. The molecule has 1 aromatic rings. The molecule has 0 saturated carbocycles. The predicted octanol–water partition coefficient (Wildman–Crippen LogP) is 1.60. The molecule has 4 N–H and O–H groups in total. The van der Waals surface area contributed by atoms with Crippen molar-refractivity contribution in [1.82, 2.24) is 9.80 Å². The second-order valence-corrected chi connectivity index (χ2v) is 7.67. The van der Waals surface area contributed by atoms with Gasteiger partial charge in [-0.25, -0.2) is 0 Å². The van der Waals surface area contributed by atoms with Crippen LogP contribution in [0.15, 0.2) is 24.3 Å². The van der Waals surface area contributed by atoms with Gasteiger partial charge in [0.2, 0.25) is 5.91 Å². The quantitative estimate of drug-likeness (QED) is 0.294. The van der Waals surface area contributed by atoms with Crippen molar-refractivity contribution in [2.24, 2.45) is 0 Å². The van der Waals surface area contributed by atoms with E-state index < -0.39 is 37.0 Å². The monoisotopic (exact) mass is 451 g/mol. The number of nitrogens with zero attached hydrogens (tertiary/aromatic N) is 2. The Morgan fingerprint density at radius 2 is 1.44 bits per heavy atom. The second-order valence-electron chi connectivity index (χ2n) is 7.67. The molecule has 1 rings (SSSR count). The van der Waals surface area contributed by atoms with Gasteiger partial charge < -0.3 is 20.6 Å². The minimum Gasteiger partial charge on any atom is -0.480 e. The number of rotatable bonds is 16. The van der Waals surface area contributed by atoms with Gasteiger partial charge in [-0.3, -0.25) is 29.0 Å². The summed E-state index contributed by atoms with van der Waals surface area (Å²) >= 11 is 0. The van der Waals surface area contributed by atoms with Crippen molar-refractivity contribution in [1.29, 1.82) is 0 Å². The average Bonchev–Trinajstić information content (AvgIpc) is 2.67. The maximum absolute atomic E-state index is 11.8. The maximum atomic E-state index is 11.8. The van der Waals surface area contributed by atoms with Crippen LogP contribution in [-0.4, -0.2) is 87.7 Å². The topological polar surface area (TPSA) is 147 Å².